The number of alkyl halides is 3. The van der Waals surface area contributed by atoms with Gasteiger partial charge in [-0.1, -0.05) is 35.3 Å². The summed E-state index contributed by atoms with van der Waals surface area (Å²) in [4.78, 5) is 18.8. The minimum absolute atomic E-state index is 0.0358. The van der Waals surface area contributed by atoms with Gasteiger partial charge >= 0.3 is 6.18 Å². The fourth-order valence-electron chi connectivity index (χ4n) is 4.63. The third-order valence-electron chi connectivity index (χ3n) is 6.59. The lowest BCUT2D eigenvalue weighted by Crippen LogP contribution is -2.40. The van der Waals surface area contributed by atoms with Gasteiger partial charge in [0.2, 0.25) is 5.91 Å². The molecule has 1 aliphatic heterocycles. The monoisotopic (exact) mass is 562 g/mol. The van der Waals surface area contributed by atoms with E-state index in [-0.39, 0.29) is 31.0 Å². The molecule has 11 heteroatoms. The first-order valence-corrected chi connectivity index (χ1v) is 12.8. The van der Waals surface area contributed by atoms with E-state index in [0.717, 1.165) is 37.2 Å². The minimum atomic E-state index is -4.75. The number of benzene rings is 2. The molecule has 1 heterocycles. The maximum absolute atomic E-state index is 14.2. The molecule has 2 aromatic carbocycles. The lowest BCUT2D eigenvalue weighted by Gasteiger charge is -2.29. The van der Waals surface area contributed by atoms with E-state index in [4.69, 9.17) is 23.2 Å². The molecule has 0 radical (unpaired) electrons. The topological polar surface area (TPSA) is 38.8 Å². The molecule has 1 amide bonds. The van der Waals surface area contributed by atoms with Crippen LogP contribution in [0.5, 0.6) is 0 Å². The highest BCUT2D eigenvalue weighted by atomic mass is 35.5. The normalized spacial score (nSPS) is 18.3. The molecule has 2 aromatic rings. The summed E-state index contributed by atoms with van der Waals surface area (Å²) >= 11 is 12.4. The number of likely N-dealkylation sites (tertiary alicyclic amines) is 1. The fourth-order valence-corrected chi connectivity index (χ4v) is 4.93. The second-order valence-corrected chi connectivity index (χ2v) is 10.5. The average molecular weight is 563 g/mol. The number of rotatable bonds is 10. The van der Waals surface area contributed by atoms with E-state index in [2.05, 4.69) is 10.2 Å². The molecular weight excluding hydrogens is 531 g/mol. The highest BCUT2D eigenvalue weighted by Gasteiger charge is 2.39. The maximum Gasteiger partial charge on any atom is 0.419 e. The summed E-state index contributed by atoms with van der Waals surface area (Å²) in [6, 6.07) is 8.15. The summed E-state index contributed by atoms with van der Waals surface area (Å²) in [5.74, 6) is -1.45. The zero-order chi connectivity index (χ0) is 27.3. The summed E-state index contributed by atoms with van der Waals surface area (Å²) in [5, 5.41) is 4.01. The molecule has 2 atom stereocenters. The van der Waals surface area contributed by atoms with Crippen molar-refractivity contribution in [3.05, 3.63) is 69.0 Å². The third-order valence-corrected chi connectivity index (χ3v) is 7.32. The largest absolute Gasteiger partial charge is 0.419 e. The highest BCUT2D eigenvalue weighted by Crippen LogP contribution is 2.35. The van der Waals surface area contributed by atoms with Gasteiger partial charge in [0.05, 0.1) is 22.2 Å². The molecule has 0 aromatic heterocycles. The lowest BCUT2D eigenvalue weighted by atomic mass is 9.93. The molecule has 3 rings (SSSR count). The smallest absolute Gasteiger partial charge is 0.339 e. The Hall–Kier alpha value is -1.91. The van der Waals surface area contributed by atoms with Crippen LogP contribution in [-0.4, -0.2) is 80.5 Å². The molecular formula is C26H32Cl2F4N4O. The Balaban J connectivity index is 1.74. The third kappa shape index (κ3) is 8.04. The SMILES string of the molecule is CN(C)CCCNCC(=O)N1CC(c2ccc(Cl)c(Cl)c2)C(N(C)Cc2ccc(C(F)(F)F)c(F)c2)C1. The molecule has 5 nitrogen and oxygen atoms in total. The number of hydrogen-bond acceptors (Lipinski definition) is 4. The number of carbonyl (C=O) groups is 1. The summed E-state index contributed by atoms with van der Waals surface area (Å²) in [7, 11) is 5.81. The van der Waals surface area contributed by atoms with Gasteiger partial charge in [0.15, 0.2) is 0 Å². The Morgan fingerprint density at radius 3 is 2.43 bits per heavy atom. The molecule has 0 bridgehead atoms. The zero-order valence-electron chi connectivity index (χ0n) is 21.1. The predicted molar refractivity (Wildman–Crippen MR) is 138 cm³/mol. The van der Waals surface area contributed by atoms with Crippen molar-refractivity contribution >= 4 is 29.1 Å². The van der Waals surface area contributed by atoms with Gasteiger partial charge in [0.25, 0.3) is 0 Å². The number of nitrogens with zero attached hydrogens (tertiary/aromatic N) is 3. The molecule has 1 fully saturated rings. The molecule has 0 saturated carbocycles. The van der Waals surface area contributed by atoms with Crippen LogP contribution in [0.2, 0.25) is 10.0 Å². The van der Waals surface area contributed by atoms with Crippen molar-refractivity contribution in [2.45, 2.75) is 31.1 Å². The van der Waals surface area contributed by atoms with Gasteiger partial charge in [0, 0.05) is 31.6 Å². The number of halogens is 6. The van der Waals surface area contributed by atoms with E-state index in [0.29, 0.717) is 28.7 Å². The lowest BCUT2D eigenvalue weighted by molar-refractivity contribution is -0.140. The Bertz CT molecular complexity index is 1080. The van der Waals surface area contributed by atoms with Crippen molar-refractivity contribution < 1.29 is 22.4 Å². The molecule has 1 saturated heterocycles. The summed E-state index contributed by atoms with van der Waals surface area (Å²) in [5.41, 5.74) is 0.0237. The summed E-state index contributed by atoms with van der Waals surface area (Å²) in [6.45, 7) is 2.93. The Morgan fingerprint density at radius 1 is 1.08 bits per heavy atom. The predicted octanol–water partition coefficient (Wildman–Crippen LogP) is 5.12. The summed E-state index contributed by atoms with van der Waals surface area (Å²) in [6.07, 6.45) is -3.83. The summed E-state index contributed by atoms with van der Waals surface area (Å²) < 4.78 is 53.0. The van der Waals surface area contributed by atoms with Crippen LogP contribution in [0.4, 0.5) is 17.6 Å². The van der Waals surface area contributed by atoms with E-state index < -0.39 is 17.6 Å². The highest BCUT2D eigenvalue weighted by molar-refractivity contribution is 6.42. The Labute approximate surface area is 225 Å². The first kappa shape index (κ1) is 29.6. The van der Waals surface area contributed by atoms with Gasteiger partial charge < -0.3 is 15.1 Å². The van der Waals surface area contributed by atoms with Crippen LogP contribution < -0.4 is 5.32 Å². The molecule has 1 aliphatic rings. The first-order chi connectivity index (χ1) is 17.4. The number of amides is 1. The number of likely N-dealkylation sites (N-methyl/N-ethyl adjacent to an activating group) is 1. The molecule has 0 aliphatic carbocycles. The van der Waals surface area contributed by atoms with Crippen LogP contribution >= 0.6 is 23.2 Å². The molecule has 2 unspecified atom stereocenters. The van der Waals surface area contributed by atoms with E-state index in [1.165, 1.54) is 6.07 Å². The molecule has 0 spiro atoms. The average Bonchev–Trinajstić information content (AvgIpc) is 3.25. The van der Waals surface area contributed by atoms with Crippen molar-refractivity contribution in [1.82, 2.24) is 20.0 Å². The fraction of sp³-hybridized carbons (Fsp3) is 0.500. The standard InChI is InChI=1S/C26H32Cl2F4N4O/c1-34(2)10-4-9-33-13-25(37)36-15-19(18-6-8-21(27)22(28)12-18)24(16-36)35(3)14-17-5-7-20(23(29)11-17)26(30,31)32/h5-8,11-12,19,24,33H,4,9-10,13-16H2,1-3H3. The van der Waals surface area contributed by atoms with Crippen LogP contribution in [0, 0.1) is 5.82 Å². The Kier molecular flexibility index (Phi) is 10.2. The van der Waals surface area contributed by atoms with Crippen LogP contribution in [0.3, 0.4) is 0 Å². The van der Waals surface area contributed by atoms with Gasteiger partial charge in [-0.3, -0.25) is 9.69 Å². The maximum atomic E-state index is 14.2. The first-order valence-electron chi connectivity index (χ1n) is 12.0. The van der Waals surface area contributed by atoms with Gasteiger partial charge in [-0.15, -0.1) is 0 Å². The number of hydrogen-bond donors (Lipinski definition) is 1. The van der Waals surface area contributed by atoms with Crippen molar-refractivity contribution in [1.29, 1.82) is 0 Å². The van der Waals surface area contributed by atoms with Crippen molar-refractivity contribution in [3.63, 3.8) is 0 Å². The van der Waals surface area contributed by atoms with E-state index >= 15 is 0 Å². The van der Waals surface area contributed by atoms with Crippen molar-refractivity contribution in [2.24, 2.45) is 0 Å². The van der Waals surface area contributed by atoms with Gasteiger partial charge in [-0.25, -0.2) is 4.39 Å². The van der Waals surface area contributed by atoms with Gasteiger partial charge in [-0.2, -0.15) is 13.2 Å². The molecule has 37 heavy (non-hydrogen) atoms. The quantitative estimate of drug-likeness (QED) is 0.322. The Morgan fingerprint density at radius 2 is 1.81 bits per heavy atom. The van der Waals surface area contributed by atoms with Gasteiger partial charge in [-0.05, 0) is 76.0 Å². The number of nitrogens with one attached hydrogen (secondary N) is 1. The number of carbonyl (C=O) groups excluding carboxylic acids is 1. The van der Waals surface area contributed by atoms with Crippen LogP contribution in [0.1, 0.15) is 29.0 Å². The minimum Gasteiger partial charge on any atom is -0.339 e. The second kappa shape index (κ2) is 12.8. The van der Waals surface area contributed by atoms with Crippen LogP contribution in [0.15, 0.2) is 36.4 Å². The van der Waals surface area contributed by atoms with Gasteiger partial charge in [0.1, 0.15) is 5.82 Å². The van der Waals surface area contributed by atoms with Crippen molar-refractivity contribution in [2.75, 3.05) is 53.9 Å². The van der Waals surface area contributed by atoms with Crippen LogP contribution in [-0.2, 0) is 17.5 Å². The zero-order valence-corrected chi connectivity index (χ0v) is 22.6. The van der Waals surface area contributed by atoms with E-state index in [1.807, 2.05) is 32.1 Å². The van der Waals surface area contributed by atoms with E-state index in [1.54, 1.807) is 17.0 Å². The van der Waals surface area contributed by atoms with Crippen LogP contribution in [0.25, 0.3) is 0 Å². The second-order valence-electron chi connectivity index (χ2n) is 9.71. The molecule has 1 N–H and O–H groups in total. The van der Waals surface area contributed by atoms with Crippen molar-refractivity contribution in [3.8, 4) is 0 Å². The van der Waals surface area contributed by atoms with E-state index in [9.17, 15) is 22.4 Å². The molecule has 204 valence electrons.